The highest BCUT2D eigenvalue weighted by molar-refractivity contribution is 5.96. The topological polar surface area (TPSA) is 125 Å². The van der Waals surface area contributed by atoms with E-state index in [4.69, 9.17) is 20.5 Å². The second-order valence-electron chi connectivity index (χ2n) is 8.74. The van der Waals surface area contributed by atoms with Gasteiger partial charge in [-0.2, -0.15) is 5.26 Å². The Hall–Kier alpha value is -4.13. The Morgan fingerprint density at radius 1 is 1.22 bits per heavy atom. The van der Waals surface area contributed by atoms with Crippen molar-refractivity contribution in [2.45, 2.75) is 24.6 Å². The molecule has 2 heterocycles. The predicted molar refractivity (Wildman–Crippen MR) is 138 cm³/mol. The lowest BCUT2D eigenvalue weighted by atomic mass is 9.90. The first-order chi connectivity index (χ1) is 17.4. The molecule has 9 heteroatoms. The van der Waals surface area contributed by atoms with Crippen LogP contribution in [0.15, 0.2) is 77.6 Å². The number of ether oxygens (including phenoxy) is 2. The quantitative estimate of drug-likeness (QED) is 0.387. The number of methoxy groups -OCH3 is 1. The van der Waals surface area contributed by atoms with Crippen LogP contribution in [-0.2, 0) is 9.53 Å². The smallest absolute Gasteiger partial charge is 0.263 e. The average molecular weight is 487 g/mol. The standard InChI is InChI=1S/C27H30N6O3/c1-19(16-28)26(34)33-14-12-27(35-2,13-15-33)17-30-25-23(24(29)31-18-32-25)20-8-10-22(11-9-20)36-21-6-4-3-5-7-21/h3-11,18,25,30H,1,12-15,17,29H2,2H3,(H,31,32). The molecule has 0 aromatic heterocycles. The number of benzene rings is 2. The molecule has 1 amide bonds. The van der Waals surface area contributed by atoms with Crippen molar-refractivity contribution in [3.8, 4) is 17.6 Å². The number of aliphatic imine (C=N–C) groups is 1. The molecule has 2 aliphatic rings. The Labute approximate surface area is 210 Å². The molecule has 0 spiro atoms. The van der Waals surface area contributed by atoms with Crippen LogP contribution < -0.4 is 21.1 Å². The van der Waals surface area contributed by atoms with Gasteiger partial charge >= 0.3 is 0 Å². The van der Waals surface area contributed by atoms with Gasteiger partial charge in [0.2, 0.25) is 0 Å². The van der Waals surface area contributed by atoms with Gasteiger partial charge in [0.1, 0.15) is 35.1 Å². The number of likely N-dealkylation sites (tertiary alicyclic amines) is 1. The Balaban J connectivity index is 1.42. The maximum atomic E-state index is 12.3. The van der Waals surface area contributed by atoms with Crippen LogP contribution in [0.2, 0.25) is 0 Å². The maximum Gasteiger partial charge on any atom is 0.263 e. The van der Waals surface area contributed by atoms with Gasteiger partial charge in [0, 0.05) is 32.3 Å². The minimum atomic E-state index is -0.474. The van der Waals surface area contributed by atoms with Gasteiger partial charge in [-0.15, -0.1) is 0 Å². The predicted octanol–water partition coefficient (Wildman–Crippen LogP) is 2.74. The van der Waals surface area contributed by atoms with Crippen LogP contribution in [0.4, 0.5) is 0 Å². The summed E-state index contributed by atoms with van der Waals surface area (Å²) >= 11 is 0. The molecule has 1 atom stereocenters. The van der Waals surface area contributed by atoms with Crippen molar-refractivity contribution in [1.82, 2.24) is 15.5 Å². The minimum Gasteiger partial charge on any atom is -0.457 e. The minimum absolute atomic E-state index is 0.0486. The van der Waals surface area contributed by atoms with E-state index in [1.807, 2.05) is 60.7 Å². The van der Waals surface area contributed by atoms with Crippen LogP contribution in [0.25, 0.3) is 5.57 Å². The van der Waals surface area contributed by atoms with Gasteiger partial charge in [0.05, 0.1) is 11.9 Å². The highest BCUT2D eigenvalue weighted by atomic mass is 16.5. The number of amides is 1. The van der Waals surface area contributed by atoms with Crippen molar-refractivity contribution in [2.24, 2.45) is 10.7 Å². The molecule has 36 heavy (non-hydrogen) atoms. The van der Waals surface area contributed by atoms with E-state index in [9.17, 15) is 4.79 Å². The van der Waals surface area contributed by atoms with Crippen molar-refractivity contribution in [3.63, 3.8) is 0 Å². The van der Waals surface area contributed by atoms with Crippen molar-refractivity contribution in [3.05, 3.63) is 78.1 Å². The highest BCUT2D eigenvalue weighted by Crippen LogP contribution is 2.29. The molecule has 0 bridgehead atoms. The van der Waals surface area contributed by atoms with Crippen molar-refractivity contribution in [2.75, 3.05) is 26.7 Å². The second-order valence-corrected chi connectivity index (χ2v) is 8.74. The number of carbonyl (C=O) groups is 1. The molecule has 0 saturated carbocycles. The van der Waals surface area contributed by atoms with E-state index in [0.29, 0.717) is 38.3 Å². The van der Waals surface area contributed by atoms with Crippen LogP contribution in [0.1, 0.15) is 18.4 Å². The van der Waals surface area contributed by atoms with E-state index in [1.54, 1.807) is 18.3 Å². The third-order valence-corrected chi connectivity index (χ3v) is 6.56. The molecule has 1 unspecified atom stereocenters. The fraction of sp³-hybridized carbons (Fsp3) is 0.296. The molecule has 0 aliphatic carbocycles. The molecule has 2 aliphatic heterocycles. The molecule has 4 rings (SSSR count). The summed E-state index contributed by atoms with van der Waals surface area (Å²) in [6, 6.07) is 19.1. The SMILES string of the molecule is C=C(C#N)C(=O)N1CCC(CNC2N=CNC(N)=C2c2ccc(Oc3ccccc3)cc2)(OC)CC1. The fourth-order valence-electron chi connectivity index (χ4n) is 4.37. The molecule has 2 aromatic carbocycles. The summed E-state index contributed by atoms with van der Waals surface area (Å²) in [5.74, 6) is 1.68. The number of nitriles is 1. The third-order valence-electron chi connectivity index (χ3n) is 6.56. The van der Waals surface area contributed by atoms with E-state index in [-0.39, 0.29) is 17.6 Å². The first kappa shape index (κ1) is 25.0. The molecule has 1 saturated heterocycles. The lowest BCUT2D eigenvalue weighted by molar-refractivity contribution is -0.132. The number of rotatable bonds is 8. The Morgan fingerprint density at radius 3 is 2.53 bits per heavy atom. The number of carbonyl (C=O) groups excluding carboxylic acids is 1. The first-order valence-electron chi connectivity index (χ1n) is 11.7. The molecule has 4 N–H and O–H groups in total. The Morgan fingerprint density at radius 2 is 1.89 bits per heavy atom. The third kappa shape index (κ3) is 5.57. The summed E-state index contributed by atoms with van der Waals surface area (Å²) in [5, 5.41) is 15.4. The molecule has 2 aromatic rings. The maximum absolute atomic E-state index is 12.3. The number of nitrogens with two attached hydrogens (primary N) is 1. The molecular weight excluding hydrogens is 456 g/mol. The average Bonchev–Trinajstić information content (AvgIpc) is 2.92. The molecule has 0 radical (unpaired) electrons. The number of piperidine rings is 1. The van der Waals surface area contributed by atoms with Crippen LogP contribution in [0, 0.1) is 11.3 Å². The van der Waals surface area contributed by atoms with Crippen molar-refractivity contribution < 1.29 is 14.3 Å². The lowest BCUT2D eigenvalue weighted by Crippen LogP contribution is -2.54. The number of para-hydroxylation sites is 1. The van der Waals surface area contributed by atoms with E-state index >= 15 is 0 Å². The summed E-state index contributed by atoms with van der Waals surface area (Å²) in [5.41, 5.74) is 7.54. The molecule has 186 valence electrons. The summed E-state index contributed by atoms with van der Waals surface area (Å²) in [7, 11) is 1.68. The first-order valence-corrected chi connectivity index (χ1v) is 11.7. The lowest BCUT2D eigenvalue weighted by Gasteiger charge is -2.41. The number of nitrogens with one attached hydrogen (secondary N) is 2. The number of hydrogen-bond donors (Lipinski definition) is 3. The number of nitrogens with zero attached hydrogens (tertiary/aromatic N) is 3. The van der Waals surface area contributed by atoms with Gasteiger partial charge < -0.3 is 25.4 Å². The van der Waals surface area contributed by atoms with Gasteiger partial charge in [0.25, 0.3) is 5.91 Å². The largest absolute Gasteiger partial charge is 0.457 e. The summed E-state index contributed by atoms with van der Waals surface area (Å²) in [6.45, 7) is 5.01. The van der Waals surface area contributed by atoms with Crippen LogP contribution in [-0.4, -0.2) is 55.7 Å². The van der Waals surface area contributed by atoms with Crippen molar-refractivity contribution >= 4 is 17.8 Å². The monoisotopic (exact) mass is 486 g/mol. The second kappa shape index (κ2) is 11.1. The van der Waals surface area contributed by atoms with E-state index in [0.717, 1.165) is 22.6 Å². The Bertz CT molecular complexity index is 1190. The molecular formula is C27H30N6O3. The summed E-state index contributed by atoms with van der Waals surface area (Å²) in [4.78, 5) is 18.5. The fourth-order valence-corrected chi connectivity index (χ4v) is 4.37. The highest BCUT2D eigenvalue weighted by Gasteiger charge is 2.37. The van der Waals surface area contributed by atoms with Gasteiger partial charge in [0.15, 0.2) is 0 Å². The molecule has 1 fully saturated rings. The zero-order valence-electron chi connectivity index (χ0n) is 20.2. The normalized spacial score (nSPS) is 18.8. The zero-order chi connectivity index (χ0) is 25.5. The molecule has 9 nitrogen and oxygen atoms in total. The Kier molecular flexibility index (Phi) is 7.68. The van der Waals surface area contributed by atoms with Crippen LogP contribution in [0.5, 0.6) is 11.5 Å². The van der Waals surface area contributed by atoms with Crippen LogP contribution in [0.3, 0.4) is 0 Å². The van der Waals surface area contributed by atoms with E-state index < -0.39 is 5.60 Å². The van der Waals surface area contributed by atoms with Gasteiger partial charge in [-0.05, 0) is 42.7 Å². The van der Waals surface area contributed by atoms with Gasteiger partial charge in [-0.1, -0.05) is 36.9 Å². The number of hydrogen-bond acceptors (Lipinski definition) is 8. The van der Waals surface area contributed by atoms with Gasteiger partial charge in [-0.3, -0.25) is 15.1 Å². The van der Waals surface area contributed by atoms with E-state index in [2.05, 4.69) is 22.2 Å². The van der Waals surface area contributed by atoms with Crippen LogP contribution >= 0.6 is 0 Å². The summed E-state index contributed by atoms with van der Waals surface area (Å²) in [6.07, 6.45) is 2.44. The zero-order valence-corrected chi connectivity index (χ0v) is 20.2. The van der Waals surface area contributed by atoms with Crippen molar-refractivity contribution in [1.29, 1.82) is 5.26 Å². The summed E-state index contributed by atoms with van der Waals surface area (Å²) < 4.78 is 11.8. The van der Waals surface area contributed by atoms with E-state index in [1.165, 1.54) is 0 Å². The van der Waals surface area contributed by atoms with Gasteiger partial charge in [-0.25, -0.2) is 0 Å².